The van der Waals surface area contributed by atoms with Gasteiger partial charge in [0.05, 0.1) is 6.26 Å². The summed E-state index contributed by atoms with van der Waals surface area (Å²) in [5.41, 5.74) is 1.42. The van der Waals surface area contributed by atoms with Gasteiger partial charge in [-0.2, -0.15) is 0 Å². The second-order valence-electron chi connectivity index (χ2n) is 6.85. The average molecular weight is 370 g/mol. The van der Waals surface area contributed by atoms with Gasteiger partial charge in [0.2, 0.25) is 0 Å². The fourth-order valence-electron chi connectivity index (χ4n) is 3.47. The van der Waals surface area contributed by atoms with Gasteiger partial charge in [-0.3, -0.25) is 4.99 Å². The molecule has 1 unspecified atom stereocenters. The van der Waals surface area contributed by atoms with Crippen LogP contribution in [0.25, 0.3) is 0 Å². The standard InChI is InChI=1S/C22H31N3O2/c1-2-26-16-7-13-23-22(24-14-11-21-10-6-17-27-21)25-15-12-20(18-25)19-8-4-3-5-9-19/h3-6,8-10,17,20H,2,7,11-16,18H2,1H3,(H,23,24). The zero-order chi connectivity index (χ0) is 18.7. The second-order valence-corrected chi connectivity index (χ2v) is 6.85. The zero-order valence-corrected chi connectivity index (χ0v) is 16.3. The molecular weight excluding hydrogens is 338 g/mol. The molecule has 27 heavy (non-hydrogen) atoms. The number of benzene rings is 1. The van der Waals surface area contributed by atoms with Gasteiger partial charge in [-0.15, -0.1) is 0 Å². The van der Waals surface area contributed by atoms with Crippen molar-refractivity contribution in [3.8, 4) is 0 Å². The third-order valence-electron chi connectivity index (χ3n) is 4.91. The number of guanidine groups is 1. The van der Waals surface area contributed by atoms with Gasteiger partial charge in [-0.05, 0) is 37.5 Å². The molecule has 1 aromatic heterocycles. The maximum atomic E-state index is 5.43. The molecule has 1 saturated heterocycles. The Morgan fingerprint density at radius 2 is 2.15 bits per heavy atom. The number of nitrogens with zero attached hydrogens (tertiary/aromatic N) is 2. The second kappa shape index (κ2) is 10.8. The highest BCUT2D eigenvalue weighted by molar-refractivity contribution is 5.80. The highest BCUT2D eigenvalue weighted by Gasteiger charge is 2.25. The van der Waals surface area contributed by atoms with Gasteiger partial charge in [0.1, 0.15) is 5.76 Å². The summed E-state index contributed by atoms with van der Waals surface area (Å²) in [6, 6.07) is 14.8. The number of likely N-dealkylation sites (tertiary alicyclic amines) is 1. The van der Waals surface area contributed by atoms with Gasteiger partial charge in [-0.1, -0.05) is 30.3 Å². The van der Waals surface area contributed by atoms with Gasteiger partial charge >= 0.3 is 0 Å². The summed E-state index contributed by atoms with van der Waals surface area (Å²) in [5.74, 6) is 2.59. The third kappa shape index (κ3) is 6.14. The Bertz CT molecular complexity index is 670. The van der Waals surface area contributed by atoms with Gasteiger partial charge in [0.25, 0.3) is 0 Å². The molecule has 1 aromatic carbocycles. The average Bonchev–Trinajstić information content (AvgIpc) is 3.39. The van der Waals surface area contributed by atoms with Crippen LogP contribution >= 0.6 is 0 Å². The van der Waals surface area contributed by atoms with Crippen molar-refractivity contribution in [2.75, 3.05) is 39.4 Å². The summed E-state index contributed by atoms with van der Waals surface area (Å²) >= 11 is 0. The Kier molecular flexibility index (Phi) is 7.78. The highest BCUT2D eigenvalue weighted by Crippen LogP contribution is 2.26. The van der Waals surface area contributed by atoms with Crippen molar-refractivity contribution in [1.29, 1.82) is 0 Å². The van der Waals surface area contributed by atoms with Crippen molar-refractivity contribution in [2.24, 2.45) is 4.99 Å². The largest absolute Gasteiger partial charge is 0.469 e. The first-order valence-electron chi connectivity index (χ1n) is 10.0. The molecule has 3 rings (SSSR count). The van der Waals surface area contributed by atoms with Crippen molar-refractivity contribution >= 4 is 5.96 Å². The van der Waals surface area contributed by atoms with E-state index in [1.807, 2.05) is 19.1 Å². The topological polar surface area (TPSA) is 50.0 Å². The molecule has 1 aliphatic rings. The Labute approximate surface area is 162 Å². The summed E-state index contributed by atoms with van der Waals surface area (Å²) in [7, 11) is 0. The molecule has 0 radical (unpaired) electrons. The minimum atomic E-state index is 0.576. The van der Waals surface area contributed by atoms with Crippen LogP contribution in [-0.4, -0.2) is 50.3 Å². The smallest absolute Gasteiger partial charge is 0.193 e. The van der Waals surface area contributed by atoms with E-state index in [-0.39, 0.29) is 0 Å². The van der Waals surface area contributed by atoms with Gasteiger partial charge in [0, 0.05) is 51.7 Å². The molecule has 5 heteroatoms. The number of aliphatic imine (C=N–C) groups is 1. The molecule has 2 heterocycles. The molecule has 0 aliphatic carbocycles. The first-order valence-corrected chi connectivity index (χ1v) is 10.0. The van der Waals surface area contributed by atoms with Gasteiger partial charge in [-0.25, -0.2) is 0 Å². The summed E-state index contributed by atoms with van der Waals surface area (Å²) in [6.07, 6.45) is 4.71. The molecule has 146 valence electrons. The Hall–Kier alpha value is -2.27. The Balaban J connectivity index is 1.55. The minimum absolute atomic E-state index is 0.576. The molecule has 0 amide bonds. The van der Waals surface area contributed by atoms with Crippen molar-refractivity contribution < 1.29 is 9.15 Å². The Morgan fingerprint density at radius 3 is 2.93 bits per heavy atom. The third-order valence-corrected chi connectivity index (χ3v) is 4.91. The van der Waals surface area contributed by atoms with E-state index in [2.05, 4.69) is 40.5 Å². The van der Waals surface area contributed by atoms with Crippen LogP contribution in [-0.2, 0) is 11.2 Å². The van der Waals surface area contributed by atoms with Crippen LogP contribution in [0.3, 0.4) is 0 Å². The van der Waals surface area contributed by atoms with Crippen LogP contribution in [0, 0.1) is 0 Å². The SMILES string of the molecule is CCOCCCN=C(NCCc1ccco1)N1CCC(c2ccccc2)C1. The van der Waals surface area contributed by atoms with Crippen LogP contribution < -0.4 is 5.32 Å². The van der Waals surface area contributed by atoms with Crippen molar-refractivity contribution in [1.82, 2.24) is 10.2 Å². The van der Waals surface area contributed by atoms with E-state index < -0.39 is 0 Å². The number of hydrogen-bond donors (Lipinski definition) is 1. The molecule has 1 N–H and O–H groups in total. The number of furan rings is 1. The highest BCUT2D eigenvalue weighted by atomic mass is 16.5. The molecule has 2 aromatic rings. The number of ether oxygens (including phenoxy) is 1. The fraction of sp³-hybridized carbons (Fsp3) is 0.500. The lowest BCUT2D eigenvalue weighted by molar-refractivity contribution is 0.146. The Morgan fingerprint density at radius 1 is 1.26 bits per heavy atom. The minimum Gasteiger partial charge on any atom is -0.469 e. The van der Waals surface area contributed by atoms with E-state index in [4.69, 9.17) is 14.1 Å². The van der Waals surface area contributed by atoms with Crippen molar-refractivity contribution in [3.63, 3.8) is 0 Å². The maximum Gasteiger partial charge on any atom is 0.193 e. The molecule has 0 bridgehead atoms. The zero-order valence-electron chi connectivity index (χ0n) is 16.3. The van der Waals surface area contributed by atoms with Gasteiger partial charge < -0.3 is 19.4 Å². The molecule has 5 nitrogen and oxygen atoms in total. The lowest BCUT2D eigenvalue weighted by atomic mass is 9.99. The normalized spacial score (nSPS) is 17.4. The molecular formula is C22H31N3O2. The van der Waals surface area contributed by atoms with E-state index >= 15 is 0 Å². The molecule has 0 saturated carbocycles. The van der Waals surface area contributed by atoms with Crippen LogP contribution in [0.2, 0.25) is 0 Å². The van der Waals surface area contributed by atoms with Crippen LogP contribution in [0.15, 0.2) is 58.1 Å². The number of nitrogens with one attached hydrogen (secondary N) is 1. The van der Waals surface area contributed by atoms with E-state index in [1.54, 1.807) is 6.26 Å². The van der Waals surface area contributed by atoms with Crippen molar-refractivity contribution in [3.05, 3.63) is 60.1 Å². The number of rotatable bonds is 9. The van der Waals surface area contributed by atoms with E-state index in [0.29, 0.717) is 5.92 Å². The first kappa shape index (κ1) is 19.5. The summed E-state index contributed by atoms with van der Waals surface area (Å²) < 4.78 is 10.9. The quantitative estimate of drug-likeness (QED) is 0.416. The maximum absolute atomic E-state index is 5.43. The lowest BCUT2D eigenvalue weighted by Gasteiger charge is -2.22. The van der Waals surface area contributed by atoms with E-state index in [0.717, 1.165) is 64.0 Å². The molecule has 0 spiro atoms. The predicted molar refractivity (Wildman–Crippen MR) is 109 cm³/mol. The van der Waals surface area contributed by atoms with Crippen LogP contribution in [0.5, 0.6) is 0 Å². The summed E-state index contributed by atoms with van der Waals surface area (Å²) in [4.78, 5) is 7.23. The van der Waals surface area contributed by atoms with E-state index in [1.165, 1.54) is 12.0 Å². The predicted octanol–water partition coefficient (Wildman–Crippen LogP) is 3.68. The fourth-order valence-corrected chi connectivity index (χ4v) is 3.47. The molecule has 1 aliphatic heterocycles. The lowest BCUT2D eigenvalue weighted by Crippen LogP contribution is -2.41. The van der Waals surface area contributed by atoms with Gasteiger partial charge in [0.15, 0.2) is 5.96 Å². The van der Waals surface area contributed by atoms with E-state index in [9.17, 15) is 0 Å². The monoisotopic (exact) mass is 369 g/mol. The first-order chi connectivity index (χ1) is 13.4. The van der Waals surface area contributed by atoms with Crippen LogP contribution in [0.1, 0.15) is 37.0 Å². The summed E-state index contributed by atoms with van der Waals surface area (Å²) in [5, 5.41) is 3.54. The number of hydrogen-bond acceptors (Lipinski definition) is 3. The molecule has 1 atom stereocenters. The summed E-state index contributed by atoms with van der Waals surface area (Å²) in [6.45, 7) is 7.23. The molecule has 1 fully saturated rings. The van der Waals surface area contributed by atoms with Crippen molar-refractivity contribution in [2.45, 2.75) is 32.1 Å². The van der Waals surface area contributed by atoms with Crippen LogP contribution in [0.4, 0.5) is 0 Å².